The van der Waals surface area contributed by atoms with Crippen LogP contribution >= 0.6 is 19.9 Å². The van der Waals surface area contributed by atoms with Crippen LogP contribution in [0.1, 0.15) is 48.5 Å². The molecule has 0 radical (unpaired) electrons. The molecule has 2 rings (SSSR count). The standard InChI is InChI=1S/C24H35OPS/c1-18(2)22(23(19(3)4)27-24(5,6)7)25-26(20-14-10-8-11-15-20)21-16-12-9-13-17-21/h8-19,22-23H,1-7H3/t22-,23+/m0/s1. The second kappa shape index (κ2) is 10.1. The van der Waals surface area contributed by atoms with Gasteiger partial charge in [-0.15, -0.1) is 11.8 Å². The summed E-state index contributed by atoms with van der Waals surface area (Å²) in [6, 6.07) is 21.4. The number of hydrogen-bond donors (Lipinski definition) is 0. The molecule has 0 fully saturated rings. The smallest absolute Gasteiger partial charge is 0.0922 e. The summed E-state index contributed by atoms with van der Waals surface area (Å²) in [4.78, 5) is 0. The average molecular weight is 403 g/mol. The minimum absolute atomic E-state index is 0.209. The summed E-state index contributed by atoms with van der Waals surface area (Å²) >= 11 is 2.06. The predicted molar refractivity (Wildman–Crippen MR) is 125 cm³/mol. The van der Waals surface area contributed by atoms with Gasteiger partial charge in [0.2, 0.25) is 0 Å². The zero-order valence-corrected chi connectivity index (χ0v) is 19.6. The fourth-order valence-electron chi connectivity index (χ4n) is 3.07. The lowest BCUT2D eigenvalue weighted by atomic mass is 9.97. The Labute approximate surface area is 172 Å². The summed E-state index contributed by atoms with van der Waals surface area (Å²) in [7, 11) is -0.835. The van der Waals surface area contributed by atoms with Crippen LogP contribution in [0.5, 0.6) is 0 Å². The first-order valence-electron chi connectivity index (χ1n) is 9.94. The number of rotatable bonds is 8. The summed E-state index contributed by atoms with van der Waals surface area (Å²) in [6.45, 7) is 16.2. The first-order valence-corrected chi connectivity index (χ1v) is 12.1. The van der Waals surface area contributed by atoms with E-state index in [0.717, 1.165) is 0 Å². The van der Waals surface area contributed by atoms with E-state index in [4.69, 9.17) is 4.52 Å². The van der Waals surface area contributed by atoms with Gasteiger partial charge >= 0.3 is 0 Å². The molecule has 0 amide bonds. The van der Waals surface area contributed by atoms with Gasteiger partial charge < -0.3 is 4.52 Å². The molecule has 0 N–H and O–H groups in total. The number of thioether (sulfide) groups is 1. The molecule has 2 atom stereocenters. The van der Waals surface area contributed by atoms with Gasteiger partial charge in [-0.2, -0.15) is 0 Å². The molecule has 0 heterocycles. The van der Waals surface area contributed by atoms with Gasteiger partial charge in [-0.05, 0) is 11.8 Å². The van der Waals surface area contributed by atoms with Crippen molar-refractivity contribution in [3.05, 3.63) is 60.7 Å². The minimum atomic E-state index is -0.835. The minimum Gasteiger partial charge on any atom is -0.345 e. The largest absolute Gasteiger partial charge is 0.345 e. The fraction of sp³-hybridized carbons (Fsp3) is 0.500. The molecule has 0 saturated heterocycles. The summed E-state index contributed by atoms with van der Waals surface area (Å²) in [6.07, 6.45) is 0.209. The average Bonchev–Trinajstić information content (AvgIpc) is 2.61. The second-order valence-corrected chi connectivity index (χ2v) is 12.6. The van der Waals surface area contributed by atoms with Crippen molar-refractivity contribution in [3.8, 4) is 0 Å². The Morgan fingerprint density at radius 1 is 0.741 bits per heavy atom. The Balaban J connectivity index is 2.39. The Kier molecular flexibility index (Phi) is 8.40. The van der Waals surface area contributed by atoms with Gasteiger partial charge in [0, 0.05) is 20.6 Å². The maximum absolute atomic E-state index is 7.00. The van der Waals surface area contributed by atoms with Crippen molar-refractivity contribution in [2.45, 2.75) is 64.6 Å². The van der Waals surface area contributed by atoms with E-state index in [-0.39, 0.29) is 10.9 Å². The molecule has 0 saturated carbocycles. The molecule has 27 heavy (non-hydrogen) atoms. The van der Waals surface area contributed by atoms with Crippen molar-refractivity contribution in [1.29, 1.82) is 0 Å². The summed E-state index contributed by atoms with van der Waals surface area (Å²) in [5.41, 5.74) is 0. The van der Waals surface area contributed by atoms with Crippen LogP contribution < -0.4 is 10.6 Å². The zero-order valence-electron chi connectivity index (χ0n) is 17.8. The molecular formula is C24H35OPS. The molecule has 2 aromatic rings. The van der Waals surface area contributed by atoms with Crippen LogP contribution in [0.3, 0.4) is 0 Å². The van der Waals surface area contributed by atoms with Crippen molar-refractivity contribution in [2.24, 2.45) is 11.8 Å². The van der Waals surface area contributed by atoms with Gasteiger partial charge in [0.15, 0.2) is 0 Å². The summed E-state index contributed by atoms with van der Waals surface area (Å²) < 4.78 is 7.21. The van der Waals surface area contributed by atoms with Gasteiger partial charge in [-0.3, -0.25) is 0 Å². The second-order valence-electron chi connectivity index (χ2n) is 8.72. The maximum atomic E-state index is 7.00. The fourth-order valence-corrected chi connectivity index (χ4v) is 6.79. The van der Waals surface area contributed by atoms with Gasteiger partial charge in [0.05, 0.1) is 14.3 Å². The van der Waals surface area contributed by atoms with Crippen molar-refractivity contribution in [1.82, 2.24) is 0 Å². The zero-order chi connectivity index (χ0) is 20.0. The first-order chi connectivity index (χ1) is 12.7. The first kappa shape index (κ1) is 22.5. The molecule has 3 heteroatoms. The number of benzene rings is 2. The summed E-state index contributed by atoms with van der Waals surface area (Å²) in [5, 5.41) is 3.03. The quantitative estimate of drug-likeness (QED) is 0.458. The number of hydrogen-bond acceptors (Lipinski definition) is 2. The lowest BCUT2D eigenvalue weighted by molar-refractivity contribution is 0.154. The van der Waals surface area contributed by atoms with Gasteiger partial charge in [0.1, 0.15) is 0 Å². The van der Waals surface area contributed by atoms with E-state index >= 15 is 0 Å². The van der Waals surface area contributed by atoms with E-state index in [1.807, 2.05) is 0 Å². The Bertz CT molecular complexity index is 624. The highest BCUT2D eigenvalue weighted by atomic mass is 32.2. The van der Waals surface area contributed by atoms with Gasteiger partial charge in [-0.25, -0.2) is 0 Å². The maximum Gasteiger partial charge on any atom is 0.0922 e. The van der Waals surface area contributed by atoms with E-state index in [0.29, 0.717) is 17.1 Å². The highest BCUT2D eigenvalue weighted by Gasteiger charge is 2.34. The molecule has 0 bridgehead atoms. The molecule has 0 aliphatic carbocycles. The van der Waals surface area contributed by atoms with Crippen LogP contribution in [-0.2, 0) is 4.52 Å². The topological polar surface area (TPSA) is 9.23 Å². The Morgan fingerprint density at radius 3 is 1.52 bits per heavy atom. The van der Waals surface area contributed by atoms with Crippen LogP contribution in [0.25, 0.3) is 0 Å². The molecule has 0 unspecified atom stereocenters. The van der Waals surface area contributed by atoms with E-state index < -0.39 is 8.15 Å². The van der Waals surface area contributed by atoms with Crippen molar-refractivity contribution in [2.75, 3.05) is 0 Å². The summed E-state index contributed by atoms with van der Waals surface area (Å²) in [5.74, 6) is 1.02. The van der Waals surface area contributed by atoms with Crippen LogP contribution in [-0.4, -0.2) is 16.1 Å². The normalized spacial score (nSPS) is 14.7. The van der Waals surface area contributed by atoms with Gasteiger partial charge in [-0.1, -0.05) is 109 Å². The van der Waals surface area contributed by atoms with Gasteiger partial charge in [0.25, 0.3) is 0 Å². The molecule has 0 aliphatic heterocycles. The third kappa shape index (κ3) is 6.93. The lowest BCUT2D eigenvalue weighted by Gasteiger charge is -2.38. The predicted octanol–water partition coefficient (Wildman–Crippen LogP) is 6.63. The van der Waals surface area contributed by atoms with Crippen LogP contribution in [0.2, 0.25) is 0 Å². The monoisotopic (exact) mass is 402 g/mol. The van der Waals surface area contributed by atoms with Crippen LogP contribution in [0, 0.1) is 11.8 Å². The molecule has 2 aromatic carbocycles. The molecule has 0 spiro atoms. The molecule has 1 nitrogen and oxygen atoms in total. The third-order valence-corrected chi connectivity index (χ3v) is 8.12. The third-order valence-electron chi connectivity index (χ3n) is 4.34. The SMILES string of the molecule is CC(C)[C@@H](SC(C)(C)C)[C@@H](OP(c1ccccc1)c1ccccc1)C(C)C. The van der Waals surface area contributed by atoms with Crippen LogP contribution in [0.15, 0.2) is 60.7 Å². The van der Waals surface area contributed by atoms with Crippen molar-refractivity contribution < 1.29 is 4.52 Å². The van der Waals surface area contributed by atoms with E-state index in [9.17, 15) is 0 Å². The molecule has 148 valence electrons. The van der Waals surface area contributed by atoms with E-state index in [2.05, 4.69) is 121 Å². The van der Waals surface area contributed by atoms with E-state index in [1.165, 1.54) is 10.6 Å². The Morgan fingerprint density at radius 2 is 1.19 bits per heavy atom. The molecular weight excluding hydrogens is 367 g/mol. The highest BCUT2D eigenvalue weighted by Crippen LogP contribution is 2.44. The molecule has 0 aromatic heterocycles. The highest BCUT2D eigenvalue weighted by molar-refractivity contribution is 8.01. The van der Waals surface area contributed by atoms with Crippen molar-refractivity contribution >= 4 is 30.5 Å². The van der Waals surface area contributed by atoms with Crippen molar-refractivity contribution in [3.63, 3.8) is 0 Å². The molecule has 0 aliphatic rings. The van der Waals surface area contributed by atoms with E-state index in [1.54, 1.807) is 0 Å². The Hall–Kier alpha value is -0.820. The lowest BCUT2D eigenvalue weighted by Crippen LogP contribution is -2.38. The van der Waals surface area contributed by atoms with Crippen LogP contribution in [0.4, 0.5) is 0 Å².